The van der Waals surface area contributed by atoms with E-state index < -0.39 is 48.4 Å². The lowest BCUT2D eigenvalue weighted by Gasteiger charge is -2.31. The Hall–Kier alpha value is -4.29. The molecule has 0 bridgehead atoms. The highest BCUT2D eigenvalue weighted by molar-refractivity contribution is 7.09. The fourth-order valence-corrected chi connectivity index (χ4v) is 5.73. The first kappa shape index (κ1) is 32.6. The number of aromatic nitrogens is 1. The van der Waals surface area contributed by atoms with Crippen LogP contribution in [-0.4, -0.2) is 83.6 Å². The zero-order chi connectivity index (χ0) is 31.5. The number of aryl methyl sites for hydroxylation is 2. The van der Waals surface area contributed by atoms with E-state index in [1.807, 2.05) is 42.6 Å². The minimum atomic E-state index is -1.18. The fraction of sp³-hybridized carbons (Fsp3) is 0.406. The number of likely N-dealkylation sites (N-methyl/N-ethyl adjacent to an activating group) is 1. The van der Waals surface area contributed by atoms with Crippen molar-refractivity contribution in [3.63, 3.8) is 0 Å². The molecule has 1 aliphatic rings. The number of fused-ring (bicyclic) bond motifs is 1. The number of thiazole rings is 1. The molecular formula is C32H39N5O6S. The summed E-state index contributed by atoms with van der Waals surface area (Å²) in [5.41, 5.74) is 2.15. The van der Waals surface area contributed by atoms with Crippen LogP contribution in [0.1, 0.15) is 45.9 Å². The number of hydrogen-bond donors (Lipinski definition) is 4. The van der Waals surface area contributed by atoms with Gasteiger partial charge in [0.25, 0.3) is 5.91 Å². The van der Waals surface area contributed by atoms with Crippen LogP contribution in [0.25, 0.3) is 0 Å². The number of para-hydroxylation sites is 1. The highest BCUT2D eigenvalue weighted by Gasteiger charge is 2.30. The summed E-state index contributed by atoms with van der Waals surface area (Å²) in [6.07, 6.45) is 1.63. The Kier molecular flexibility index (Phi) is 11.8. The number of aliphatic hydroxyl groups is 1. The maximum absolute atomic E-state index is 13.5. The van der Waals surface area contributed by atoms with Crippen LogP contribution >= 0.6 is 11.3 Å². The van der Waals surface area contributed by atoms with Crippen molar-refractivity contribution in [2.75, 3.05) is 26.8 Å². The molecular weight excluding hydrogens is 582 g/mol. The molecule has 3 aromatic rings. The summed E-state index contributed by atoms with van der Waals surface area (Å²) < 4.78 is 6.14. The van der Waals surface area contributed by atoms with Crippen molar-refractivity contribution in [2.24, 2.45) is 0 Å². The SMILES string of the molecule is Cc1csc(CCCNC(=O)[C@@H]2CCC(=O)N[C@@H](CO)C(=O)N(C)[C@H](Cc3ccccc3)COc3ccccc3C(=O)N2)n1. The van der Waals surface area contributed by atoms with Crippen LogP contribution in [0.4, 0.5) is 0 Å². The van der Waals surface area contributed by atoms with Crippen LogP contribution in [-0.2, 0) is 27.2 Å². The molecule has 12 heteroatoms. The average Bonchev–Trinajstić information content (AvgIpc) is 3.46. The molecule has 0 fully saturated rings. The van der Waals surface area contributed by atoms with Crippen LogP contribution in [0, 0.1) is 6.92 Å². The second-order valence-electron chi connectivity index (χ2n) is 10.7. The van der Waals surface area contributed by atoms with E-state index in [-0.39, 0.29) is 25.0 Å². The van der Waals surface area contributed by atoms with Crippen molar-refractivity contribution in [1.82, 2.24) is 25.8 Å². The van der Waals surface area contributed by atoms with Crippen molar-refractivity contribution in [3.8, 4) is 5.75 Å². The van der Waals surface area contributed by atoms with Crippen LogP contribution in [0.3, 0.4) is 0 Å². The van der Waals surface area contributed by atoms with Crippen molar-refractivity contribution in [2.45, 2.75) is 57.2 Å². The van der Waals surface area contributed by atoms with Crippen molar-refractivity contribution in [3.05, 3.63) is 81.8 Å². The minimum Gasteiger partial charge on any atom is -0.491 e. The van der Waals surface area contributed by atoms with Gasteiger partial charge in [0.1, 0.15) is 24.4 Å². The lowest BCUT2D eigenvalue weighted by atomic mass is 10.0. The number of carbonyl (C=O) groups excluding carboxylic acids is 4. The Balaban J connectivity index is 1.54. The van der Waals surface area contributed by atoms with Gasteiger partial charge in [-0.1, -0.05) is 42.5 Å². The minimum absolute atomic E-state index is 0.0169. The number of ether oxygens (including phenoxy) is 1. The number of nitrogens with one attached hydrogen (secondary N) is 3. The number of benzene rings is 2. The molecule has 0 saturated heterocycles. The standard InChI is InChI=1S/C32H39N5O6S/c1-21-20-44-29(34-21)13-8-16-33-31(41)25-14-15-28(39)35-26(18-38)32(42)37(2)23(17-22-9-4-3-5-10-22)19-43-27-12-7-6-11-24(27)30(40)36-25/h3-7,9-12,20,23,25-26,38H,8,13-19H2,1-2H3,(H,33,41)(H,35,39)(H,36,40)/t23-,25+,26+/m1/s1. The molecule has 3 atom stereocenters. The normalized spacial score (nSPS) is 19.9. The van der Waals surface area contributed by atoms with Gasteiger partial charge >= 0.3 is 0 Å². The van der Waals surface area contributed by atoms with E-state index in [2.05, 4.69) is 20.9 Å². The molecule has 4 N–H and O–H groups in total. The van der Waals surface area contributed by atoms with Crippen LogP contribution in [0.15, 0.2) is 60.0 Å². The number of amides is 4. The Bertz CT molecular complexity index is 1430. The van der Waals surface area contributed by atoms with Crippen LogP contribution in [0.5, 0.6) is 5.75 Å². The maximum Gasteiger partial charge on any atom is 0.255 e. The second kappa shape index (κ2) is 16.0. The molecule has 234 valence electrons. The zero-order valence-electron chi connectivity index (χ0n) is 25.0. The van der Waals surface area contributed by atoms with Gasteiger partial charge in [-0.05, 0) is 43.9 Å². The summed E-state index contributed by atoms with van der Waals surface area (Å²) in [4.78, 5) is 58.9. The van der Waals surface area contributed by atoms with E-state index in [4.69, 9.17) is 4.74 Å². The quantitative estimate of drug-likeness (QED) is 0.281. The predicted molar refractivity (Wildman–Crippen MR) is 166 cm³/mol. The summed E-state index contributed by atoms with van der Waals surface area (Å²) >= 11 is 1.57. The summed E-state index contributed by atoms with van der Waals surface area (Å²) in [5, 5.41) is 21.2. The summed E-state index contributed by atoms with van der Waals surface area (Å²) in [7, 11) is 1.60. The molecule has 11 nitrogen and oxygen atoms in total. The highest BCUT2D eigenvalue weighted by Crippen LogP contribution is 2.21. The van der Waals surface area contributed by atoms with Gasteiger partial charge in [-0.3, -0.25) is 19.2 Å². The first-order valence-corrected chi connectivity index (χ1v) is 15.5. The van der Waals surface area contributed by atoms with Gasteiger partial charge in [-0.2, -0.15) is 0 Å². The Morgan fingerprint density at radius 1 is 1.11 bits per heavy atom. The smallest absolute Gasteiger partial charge is 0.255 e. The topological polar surface area (TPSA) is 150 Å². The largest absolute Gasteiger partial charge is 0.491 e. The summed E-state index contributed by atoms with van der Waals surface area (Å²) in [6, 6.07) is 13.6. The van der Waals surface area contributed by atoms with Gasteiger partial charge < -0.3 is 30.7 Å². The molecule has 0 saturated carbocycles. The molecule has 0 aliphatic carbocycles. The van der Waals surface area contributed by atoms with Crippen LogP contribution < -0.4 is 20.7 Å². The van der Waals surface area contributed by atoms with Gasteiger partial charge in [-0.25, -0.2) is 4.98 Å². The van der Waals surface area contributed by atoms with Crippen molar-refractivity contribution >= 4 is 35.0 Å². The molecule has 2 heterocycles. The Morgan fingerprint density at radius 2 is 1.86 bits per heavy atom. The number of hydrogen-bond acceptors (Lipinski definition) is 8. The third kappa shape index (κ3) is 9.10. The second-order valence-corrected chi connectivity index (χ2v) is 11.7. The van der Waals surface area contributed by atoms with Gasteiger partial charge in [-0.15, -0.1) is 11.3 Å². The third-order valence-corrected chi connectivity index (χ3v) is 8.43. The third-order valence-electron chi connectivity index (χ3n) is 7.40. The van der Waals surface area contributed by atoms with Crippen LogP contribution in [0.2, 0.25) is 0 Å². The van der Waals surface area contributed by atoms with Gasteiger partial charge in [0.15, 0.2) is 0 Å². The van der Waals surface area contributed by atoms with E-state index in [0.29, 0.717) is 31.6 Å². The number of aliphatic hydroxyl groups excluding tert-OH is 1. The maximum atomic E-state index is 13.5. The van der Waals surface area contributed by atoms with E-state index in [1.165, 1.54) is 4.90 Å². The van der Waals surface area contributed by atoms with E-state index in [9.17, 15) is 24.3 Å². The molecule has 2 aromatic carbocycles. The van der Waals surface area contributed by atoms with Gasteiger partial charge in [0.2, 0.25) is 17.7 Å². The molecule has 0 spiro atoms. The lowest BCUT2D eigenvalue weighted by Crippen LogP contribution is -2.54. The number of nitrogens with zero attached hydrogens (tertiary/aromatic N) is 2. The van der Waals surface area contributed by atoms with E-state index in [0.717, 1.165) is 16.3 Å². The van der Waals surface area contributed by atoms with Gasteiger partial charge in [0, 0.05) is 37.5 Å². The molecule has 1 aromatic heterocycles. The lowest BCUT2D eigenvalue weighted by molar-refractivity contribution is -0.138. The number of rotatable bonds is 8. The van der Waals surface area contributed by atoms with E-state index >= 15 is 0 Å². The molecule has 44 heavy (non-hydrogen) atoms. The molecule has 4 amide bonds. The predicted octanol–water partition coefficient (Wildman–Crippen LogP) is 2.02. The molecule has 4 rings (SSSR count). The Labute approximate surface area is 261 Å². The summed E-state index contributed by atoms with van der Waals surface area (Å²) in [5.74, 6) is -1.66. The average molecular weight is 622 g/mol. The first-order chi connectivity index (χ1) is 21.2. The van der Waals surface area contributed by atoms with Gasteiger partial charge in [0.05, 0.1) is 23.2 Å². The first-order valence-electron chi connectivity index (χ1n) is 14.7. The number of carbonyl (C=O) groups is 4. The molecule has 1 aliphatic heterocycles. The highest BCUT2D eigenvalue weighted by atomic mass is 32.1. The monoisotopic (exact) mass is 621 g/mol. The van der Waals surface area contributed by atoms with E-state index in [1.54, 1.807) is 42.6 Å². The fourth-order valence-electron chi connectivity index (χ4n) is 4.91. The van der Waals surface area contributed by atoms with Crippen molar-refractivity contribution in [1.29, 1.82) is 0 Å². The van der Waals surface area contributed by atoms with Crippen molar-refractivity contribution < 1.29 is 29.0 Å². The summed E-state index contributed by atoms with van der Waals surface area (Å²) in [6.45, 7) is 1.73. The zero-order valence-corrected chi connectivity index (χ0v) is 25.8. The molecule has 0 radical (unpaired) electrons. The Morgan fingerprint density at radius 3 is 2.59 bits per heavy atom. The molecule has 0 unspecified atom stereocenters.